The maximum Gasteiger partial charge on any atom is 0.321 e. The van der Waals surface area contributed by atoms with E-state index in [9.17, 15) is 22.0 Å². The Bertz CT molecular complexity index is 553. The average Bonchev–Trinajstić information content (AvgIpc) is 2.26. The van der Waals surface area contributed by atoms with Crippen molar-refractivity contribution < 1.29 is 27.1 Å². The number of aliphatic carboxylic acids is 1. The lowest BCUT2D eigenvalue weighted by Gasteiger charge is -2.21. The first-order valence-corrected chi connectivity index (χ1v) is 6.28. The van der Waals surface area contributed by atoms with Crippen molar-refractivity contribution >= 4 is 16.0 Å². The molecule has 1 aromatic rings. The summed E-state index contributed by atoms with van der Waals surface area (Å²) in [6.07, 6.45) is 0. The predicted molar refractivity (Wildman–Crippen MR) is 58.4 cm³/mol. The van der Waals surface area contributed by atoms with Crippen molar-refractivity contribution in [3.63, 3.8) is 0 Å². The van der Waals surface area contributed by atoms with Crippen LogP contribution in [-0.4, -0.2) is 36.9 Å². The molecule has 0 aliphatic heterocycles. The molecule has 18 heavy (non-hydrogen) atoms. The number of rotatable bonds is 4. The van der Waals surface area contributed by atoms with Crippen LogP contribution >= 0.6 is 0 Å². The van der Waals surface area contributed by atoms with E-state index in [1.54, 1.807) is 0 Å². The van der Waals surface area contributed by atoms with Gasteiger partial charge < -0.3 is 5.11 Å². The number of sulfonamides is 1. The van der Waals surface area contributed by atoms with Crippen LogP contribution in [0.15, 0.2) is 23.1 Å². The second-order valence-electron chi connectivity index (χ2n) is 3.59. The largest absolute Gasteiger partial charge is 0.480 e. The molecule has 0 aliphatic carbocycles. The van der Waals surface area contributed by atoms with Gasteiger partial charge in [0.2, 0.25) is 10.0 Å². The SMILES string of the molecule is CC(C(=O)O)N(C)S(=O)(=O)c1c(F)cccc1F. The highest BCUT2D eigenvalue weighted by atomic mass is 32.2. The standard InChI is InChI=1S/C10H11F2NO4S/c1-6(10(14)15)13(2)18(16,17)9-7(11)4-3-5-8(9)12/h3-6H,1-2H3,(H,14,15). The lowest BCUT2D eigenvalue weighted by atomic mass is 10.3. The number of carboxylic acids is 1. The minimum atomic E-state index is -4.54. The minimum Gasteiger partial charge on any atom is -0.480 e. The zero-order valence-electron chi connectivity index (χ0n) is 9.59. The van der Waals surface area contributed by atoms with Crippen molar-refractivity contribution in [2.45, 2.75) is 17.9 Å². The highest BCUT2D eigenvalue weighted by Gasteiger charge is 2.33. The van der Waals surface area contributed by atoms with Crippen LogP contribution in [0.25, 0.3) is 0 Å². The molecule has 0 saturated carbocycles. The zero-order chi connectivity index (χ0) is 14.1. The van der Waals surface area contributed by atoms with Gasteiger partial charge in [-0.2, -0.15) is 4.31 Å². The average molecular weight is 279 g/mol. The molecule has 8 heteroatoms. The Balaban J connectivity index is 3.35. The number of hydrogen-bond donors (Lipinski definition) is 1. The fraction of sp³-hybridized carbons (Fsp3) is 0.300. The van der Waals surface area contributed by atoms with Crippen LogP contribution in [0.3, 0.4) is 0 Å². The normalized spacial score (nSPS) is 13.6. The van der Waals surface area contributed by atoms with Gasteiger partial charge in [-0.25, -0.2) is 17.2 Å². The third-order valence-corrected chi connectivity index (χ3v) is 4.44. The number of halogens is 2. The molecule has 0 spiro atoms. The van der Waals surface area contributed by atoms with Gasteiger partial charge in [0.15, 0.2) is 4.90 Å². The highest BCUT2D eigenvalue weighted by Crippen LogP contribution is 2.22. The number of hydrogen-bond acceptors (Lipinski definition) is 3. The third-order valence-electron chi connectivity index (χ3n) is 2.46. The smallest absolute Gasteiger partial charge is 0.321 e. The van der Waals surface area contributed by atoms with Crippen LogP contribution in [-0.2, 0) is 14.8 Å². The van der Waals surface area contributed by atoms with Gasteiger partial charge >= 0.3 is 5.97 Å². The molecule has 0 saturated heterocycles. The summed E-state index contributed by atoms with van der Waals surface area (Å²) in [6.45, 7) is 1.10. The van der Waals surface area contributed by atoms with Crippen molar-refractivity contribution in [2.75, 3.05) is 7.05 Å². The topological polar surface area (TPSA) is 74.7 Å². The summed E-state index contributed by atoms with van der Waals surface area (Å²) in [5, 5.41) is 8.71. The summed E-state index contributed by atoms with van der Waals surface area (Å²) < 4.78 is 51.0. The van der Waals surface area contributed by atoms with Gasteiger partial charge in [0.05, 0.1) is 0 Å². The van der Waals surface area contributed by atoms with Crippen LogP contribution in [0.1, 0.15) is 6.92 Å². The molecule has 100 valence electrons. The van der Waals surface area contributed by atoms with Gasteiger partial charge in [-0.3, -0.25) is 4.79 Å². The quantitative estimate of drug-likeness (QED) is 0.894. The molecule has 0 aromatic heterocycles. The van der Waals surface area contributed by atoms with Gasteiger partial charge in [-0.1, -0.05) is 6.07 Å². The van der Waals surface area contributed by atoms with E-state index in [1.165, 1.54) is 0 Å². The first-order valence-electron chi connectivity index (χ1n) is 4.84. The second-order valence-corrected chi connectivity index (χ2v) is 5.52. The second kappa shape index (κ2) is 4.99. The predicted octanol–water partition coefficient (Wildman–Crippen LogP) is 1.06. The molecule has 0 fully saturated rings. The summed E-state index contributed by atoms with van der Waals surface area (Å²) in [5.74, 6) is -3.95. The van der Waals surface area contributed by atoms with Crippen molar-refractivity contribution in [2.24, 2.45) is 0 Å². The van der Waals surface area contributed by atoms with Crippen molar-refractivity contribution in [3.05, 3.63) is 29.8 Å². The van der Waals surface area contributed by atoms with Gasteiger partial charge in [0.1, 0.15) is 17.7 Å². The van der Waals surface area contributed by atoms with Crippen LogP contribution in [0.5, 0.6) is 0 Å². The molecule has 1 unspecified atom stereocenters. The van der Waals surface area contributed by atoms with E-state index in [2.05, 4.69) is 0 Å². The van der Waals surface area contributed by atoms with E-state index in [1.807, 2.05) is 0 Å². The fourth-order valence-corrected chi connectivity index (χ4v) is 2.66. The van der Waals surface area contributed by atoms with Crippen LogP contribution in [0.2, 0.25) is 0 Å². The molecule has 1 rings (SSSR count). The van der Waals surface area contributed by atoms with E-state index in [4.69, 9.17) is 5.11 Å². The van der Waals surface area contributed by atoms with E-state index in [-0.39, 0.29) is 0 Å². The Hall–Kier alpha value is -1.54. The van der Waals surface area contributed by atoms with E-state index in [0.29, 0.717) is 4.31 Å². The number of carboxylic acid groups (broad SMARTS) is 1. The van der Waals surface area contributed by atoms with Gasteiger partial charge in [0, 0.05) is 7.05 Å². The number of carbonyl (C=O) groups is 1. The maximum atomic E-state index is 13.4. The molecule has 0 bridgehead atoms. The Morgan fingerprint density at radius 3 is 2.17 bits per heavy atom. The summed E-state index contributed by atoms with van der Waals surface area (Å²) >= 11 is 0. The molecule has 0 amide bonds. The summed E-state index contributed by atoms with van der Waals surface area (Å²) in [7, 11) is -3.60. The molecule has 5 nitrogen and oxygen atoms in total. The van der Waals surface area contributed by atoms with Crippen LogP contribution in [0.4, 0.5) is 8.78 Å². The first kappa shape index (κ1) is 14.5. The molecule has 1 aromatic carbocycles. The molecule has 0 heterocycles. The first-order chi connectivity index (χ1) is 8.19. The van der Waals surface area contributed by atoms with E-state index < -0.39 is 38.6 Å². The Labute approximate surface area is 103 Å². The van der Waals surface area contributed by atoms with Crippen molar-refractivity contribution in [3.8, 4) is 0 Å². The fourth-order valence-electron chi connectivity index (χ4n) is 1.24. The van der Waals surface area contributed by atoms with Gasteiger partial charge in [-0.15, -0.1) is 0 Å². The third kappa shape index (κ3) is 2.49. The lowest BCUT2D eigenvalue weighted by molar-refractivity contribution is -0.140. The Morgan fingerprint density at radius 2 is 1.78 bits per heavy atom. The van der Waals surface area contributed by atoms with E-state index >= 15 is 0 Å². The van der Waals surface area contributed by atoms with Crippen molar-refractivity contribution in [1.29, 1.82) is 0 Å². The monoisotopic (exact) mass is 279 g/mol. The lowest BCUT2D eigenvalue weighted by Crippen LogP contribution is -2.40. The Morgan fingerprint density at radius 1 is 1.33 bits per heavy atom. The molecule has 1 N–H and O–H groups in total. The summed E-state index contributed by atoms with van der Waals surface area (Å²) in [5.41, 5.74) is 0. The van der Waals surface area contributed by atoms with Crippen LogP contribution in [0, 0.1) is 11.6 Å². The maximum absolute atomic E-state index is 13.4. The van der Waals surface area contributed by atoms with Crippen LogP contribution < -0.4 is 0 Å². The summed E-state index contributed by atoms with van der Waals surface area (Å²) in [6, 6.07) is 1.16. The van der Waals surface area contributed by atoms with E-state index in [0.717, 1.165) is 32.2 Å². The highest BCUT2D eigenvalue weighted by molar-refractivity contribution is 7.89. The zero-order valence-corrected chi connectivity index (χ0v) is 10.4. The number of benzene rings is 1. The number of nitrogens with zero attached hydrogens (tertiary/aromatic N) is 1. The van der Waals surface area contributed by atoms with Gasteiger partial charge in [0.25, 0.3) is 0 Å². The van der Waals surface area contributed by atoms with Crippen molar-refractivity contribution in [1.82, 2.24) is 4.31 Å². The molecule has 0 radical (unpaired) electrons. The molecule has 0 aliphatic rings. The Kier molecular flexibility index (Phi) is 4.02. The van der Waals surface area contributed by atoms with Gasteiger partial charge in [-0.05, 0) is 19.1 Å². The number of likely N-dealkylation sites (N-methyl/N-ethyl adjacent to an activating group) is 1. The molecular formula is C10H11F2NO4S. The molecular weight excluding hydrogens is 268 g/mol. The minimum absolute atomic E-state index is 0.400. The summed E-state index contributed by atoms with van der Waals surface area (Å²) in [4.78, 5) is 9.54. The molecule has 1 atom stereocenters.